The van der Waals surface area contributed by atoms with Crippen LogP contribution >= 0.6 is 0 Å². The summed E-state index contributed by atoms with van der Waals surface area (Å²) in [6.07, 6.45) is 4.16. The van der Waals surface area contributed by atoms with Gasteiger partial charge in [0.25, 0.3) is 0 Å². The molecule has 0 saturated heterocycles. The lowest BCUT2D eigenvalue weighted by molar-refractivity contribution is 0.261. The highest BCUT2D eigenvalue weighted by atomic mass is 16.3. The quantitative estimate of drug-likeness (QED) is 0.575. The second-order valence-electron chi connectivity index (χ2n) is 2.79. The first-order valence-electron chi connectivity index (χ1n) is 3.46. The molecule has 1 N–H and O–H groups in total. The molecule has 0 radical (unpaired) electrons. The van der Waals surface area contributed by atoms with E-state index in [2.05, 4.69) is 19.9 Å². The van der Waals surface area contributed by atoms with Gasteiger partial charge < -0.3 is 5.11 Å². The third-order valence-electron chi connectivity index (χ3n) is 1.11. The van der Waals surface area contributed by atoms with Crippen LogP contribution in [0.4, 0.5) is 0 Å². The predicted molar refractivity (Wildman–Crippen MR) is 40.2 cm³/mol. The Kier molecular flexibility index (Phi) is 4.41. The molecule has 0 unspecified atom stereocenters. The molecule has 0 aliphatic heterocycles. The number of hydrogen-bond donors (Lipinski definition) is 1. The van der Waals surface area contributed by atoms with E-state index in [4.69, 9.17) is 5.11 Å². The Morgan fingerprint density at radius 3 is 2.11 bits per heavy atom. The van der Waals surface area contributed by atoms with Gasteiger partial charge in [-0.15, -0.1) is 0 Å². The Bertz CT molecular complexity index is 84.6. The zero-order valence-electron chi connectivity index (χ0n) is 6.46. The van der Waals surface area contributed by atoms with Gasteiger partial charge in [0, 0.05) is 6.61 Å². The van der Waals surface area contributed by atoms with Gasteiger partial charge in [-0.25, -0.2) is 0 Å². The van der Waals surface area contributed by atoms with Crippen LogP contribution in [0, 0.1) is 11.8 Å². The van der Waals surface area contributed by atoms with Gasteiger partial charge in [-0.2, -0.15) is 0 Å². The van der Waals surface area contributed by atoms with Gasteiger partial charge in [0.2, 0.25) is 0 Å². The minimum atomic E-state index is 0.253. The average Bonchev–Trinajstić information content (AvgIpc) is 1.83. The molecule has 0 aromatic rings. The van der Waals surface area contributed by atoms with Crippen molar-refractivity contribution in [3.63, 3.8) is 0 Å². The van der Waals surface area contributed by atoms with E-state index < -0.39 is 0 Å². The van der Waals surface area contributed by atoms with E-state index in [1.807, 2.05) is 13.0 Å². The molecule has 0 aliphatic rings. The standard InChI is InChI=1S/C8H16O/c1-7(2)4-5-8(3)6-9/h4-5,7-9H,6H2,1-3H3/t8-/m1/s1. The topological polar surface area (TPSA) is 20.2 Å². The summed E-state index contributed by atoms with van der Waals surface area (Å²) in [6, 6.07) is 0. The minimum absolute atomic E-state index is 0.253. The first kappa shape index (κ1) is 8.70. The van der Waals surface area contributed by atoms with Gasteiger partial charge in [0.1, 0.15) is 0 Å². The molecule has 0 spiro atoms. The maximum Gasteiger partial charge on any atom is 0.0491 e. The monoisotopic (exact) mass is 128 g/mol. The van der Waals surface area contributed by atoms with E-state index in [0.717, 1.165) is 0 Å². The van der Waals surface area contributed by atoms with Crippen molar-refractivity contribution in [2.45, 2.75) is 20.8 Å². The van der Waals surface area contributed by atoms with Crippen LogP contribution in [0.5, 0.6) is 0 Å². The average molecular weight is 128 g/mol. The molecule has 0 saturated carbocycles. The number of aliphatic hydroxyl groups is 1. The molecular weight excluding hydrogens is 112 g/mol. The predicted octanol–water partition coefficient (Wildman–Crippen LogP) is 1.83. The lowest BCUT2D eigenvalue weighted by Crippen LogP contribution is -1.95. The van der Waals surface area contributed by atoms with Gasteiger partial charge in [-0.1, -0.05) is 32.9 Å². The number of allylic oxidation sites excluding steroid dienone is 1. The van der Waals surface area contributed by atoms with E-state index in [1.54, 1.807) is 0 Å². The molecule has 1 atom stereocenters. The zero-order chi connectivity index (χ0) is 7.28. The Morgan fingerprint density at radius 2 is 1.78 bits per heavy atom. The molecule has 0 rings (SSSR count). The summed E-state index contributed by atoms with van der Waals surface area (Å²) < 4.78 is 0. The van der Waals surface area contributed by atoms with Gasteiger partial charge in [0.15, 0.2) is 0 Å². The molecule has 0 bridgehead atoms. The van der Waals surface area contributed by atoms with Crippen molar-refractivity contribution in [3.8, 4) is 0 Å². The van der Waals surface area contributed by atoms with Gasteiger partial charge >= 0.3 is 0 Å². The number of aliphatic hydroxyl groups excluding tert-OH is 1. The highest BCUT2D eigenvalue weighted by molar-refractivity contribution is 4.88. The molecule has 0 aliphatic carbocycles. The van der Waals surface area contributed by atoms with E-state index in [9.17, 15) is 0 Å². The smallest absolute Gasteiger partial charge is 0.0491 e. The van der Waals surface area contributed by atoms with Crippen molar-refractivity contribution in [3.05, 3.63) is 12.2 Å². The summed E-state index contributed by atoms with van der Waals surface area (Å²) in [6.45, 7) is 6.50. The molecule has 54 valence electrons. The summed E-state index contributed by atoms with van der Waals surface area (Å²) in [4.78, 5) is 0. The third kappa shape index (κ3) is 5.57. The fraction of sp³-hybridized carbons (Fsp3) is 0.750. The third-order valence-corrected chi connectivity index (χ3v) is 1.11. The van der Waals surface area contributed by atoms with Crippen molar-refractivity contribution >= 4 is 0 Å². The van der Waals surface area contributed by atoms with E-state index in [-0.39, 0.29) is 6.61 Å². The van der Waals surface area contributed by atoms with Gasteiger partial charge in [-0.05, 0) is 11.8 Å². The molecular formula is C8H16O. The van der Waals surface area contributed by atoms with Crippen LogP contribution < -0.4 is 0 Å². The SMILES string of the molecule is CC(C)C=C[C@@H](C)CO. The van der Waals surface area contributed by atoms with Gasteiger partial charge in [-0.3, -0.25) is 0 Å². The molecule has 9 heavy (non-hydrogen) atoms. The summed E-state index contributed by atoms with van der Waals surface area (Å²) in [5.74, 6) is 0.909. The maximum atomic E-state index is 8.60. The van der Waals surface area contributed by atoms with Gasteiger partial charge in [0.05, 0.1) is 0 Å². The van der Waals surface area contributed by atoms with E-state index in [1.165, 1.54) is 0 Å². The van der Waals surface area contributed by atoms with Crippen LogP contribution in [0.1, 0.15) is 20.8 Å². The highest BCUT2D eigenvalue weighted by Crippen LogP contribution is 1.99. The fourth-order valence-electron chi connectivity index (χ4n) is 0.473. The zero-order valence-corrected chi connectivity index (χ0v) is 6.46. The Morgan fingerprint density at radius 1 is 1.22 bits per heavy atom. The second kappa shape index (κ2) is 4.57. The number of rotatable bonds is 3. The van der Waals surface area contributed by atoms with Crippen LogP contribution in [0.25, 0.3) is 0 Å². The number of hydrogen-bond acceptors (Lipinski definition) is 1. The molecule has 0 fully saturated rings. The second-order valence-corrected chi connectivity index (χ2v) is 2.79. The lowest BCUT2D eigenvalue weighted by atomic mass is 10.1. The summed E-state index contributed by atoms with van der Waals surface area (Å²) in [5.41, 5.74) is 0. The Labute approximate surface area is 57.4 Å². The van der Waals surface area contributed by atoms with Crippen LogP contribution in [-0.4, -0.2) is 11.7 Å². The van der Waals surface area contributed by atoms with Crippen LogP contribution in [0.3, 0.4) is 0 Å². The summed E-state index contributed by atoms with van der Waals surface area (Å²) in [5, 5.41) is 8.60. The van der Waals surface area contributed by atoms with Crippen LogP contribution in [0.15, 0.2) is 12.2 Å². The first-order chi connectivity index (χ1) is 4.16. The normalized spacial score (nSPS) is 15.2. The molecule has 1 heteroatoms. The van der Waals surface area contributed by atoms with E-state index in [0.29, 0.717) is 11.8 Å². The van der Waals surface area contributed by atoms with Crippen LogP contribution in [0.2, 0.25) is 0 Å². The van der Waals surface area contributed by atoms with Crippen molar-refractivity contribution in [2.24, 2.45) is 11.8 Å². The molecule has 0 amide bonds. The van der Waals surface area contributed by atoms with Crippen LogP contribution in [-0.2, 0) is 0 Å². The van der Waals surface area contributed by atoms with E-state index >= 15 is 0 Å². The molecule has 0 aromatic carbocycles. The summed E-state index contributed by atoms with van der Waals surface area (Å²) >= 11 is 0. The van der Waals surface area contributed by atoms with Crippen molar-refractivity contribution < 1.29 is 5.11 Å². The molecule has 0 heterocycles. The lowest BCUT2D eigenvalue weighted by Gasteiger charge is -1.99. The van der Waals surface area contributed by atoms with Crippen molar-refractivity contribution in [1.82, 2.24) is 0 Å². The highest BCUT2D eigenvalue weighted by Gasteiger charge is 1.91. The summed E-state index contributed by atoms with van der Waals surface area (Å²) in [7, 11) is 0. The fourth-order valence-corrected chi connectivity index (χ4v) is 0.473. The maximum absolute atomic E-state index is 8.60. The minimum Gasteiger partial charge on any atom is -0.396 e. The molecule has 1 nitrogen and oxygen atoms in total. The largest absolute Gasteiger partial charge is 0.396 e. The Balaban J connectivity index is 3.43. The first-order valence-corrected chi connectivity index (χ1v) is 3.46. The Hall–Kier alpha value is -0.300. The van der Waals surface area contributed by atoms with Crippen molar-refractivity contribution in [1.29, 1.82) is 0 Å². The molecule has 0 aromatic heterocycles. The van der Waals surface area contributed by atoms with Crippen molar-refractivity contribution in [2.75, 3.05) is 6.61 Å².